The molecule has 3 rings (SSSR count). The van der Waals surface area contributed by atoms with E-state index in [1.807, 2.05) is 9.80 Å². The van der Waals surface area contributed by atoms with Gasteiger partial charge in [0.1, 0.15) is 6.54 Å². The van der Waals surface area contributed by atoms with Crippen molar-refractivity contribution >= 4 is 23.4 Å². The second kappa shape index (κ2) is 7.13. The standard InChI is InChI=1S/C17H25ClN4O2/c1-12(2)15-10-20(17(24)11-21-9-14(18)7-19-21)6-5-16(23)22(15)8-13-3-4-13/h7,9,12-13,15H,3-6,8,10-11H2,1-2H3/t15-/m1/s1. The van der Waals surface area contributed by atoms with Crippen LogP contribution in [0, 0.1) is 11.8 Å². The molecule has 1 saturated heterocycles. The molecule has 1 aliphatic carbocycles. The molecule has 1 saturated carbocycles. The zero-order chi connectivity index (χ0) is 17.3. The predicted molar refractivity (Wildman–Crippen MR) is 91.5 cm³/mol. The summed E-state index contributed by atoms with van der Waals surface area (Å²) < 4.78 is 1.55. The molecule has 1 aliphatic heterocycles. The van der Waals surface area contributed by atoms with E-state index in [1.165, 1.54) is 19.0 Å². The fourth-order valence-electron chi connectivity index (χ4n) is 3.25. The fraction of sp³-hybridized carbons (Fsp3) is 0.706. The molecule has 24 heavy (non-hydrogen) atoms. The zero-order valence-electron chi connectivity index (χ0n) is 14.3. The Bertz CT molecular complexity index is 611. The molecule has 2 fully saturated rings. The van der Waals surface area contributed by atoms with Gasteiger partial charge in [0.25, 0.3) is 0 Å². The lowest BCUT2D eigenvalue weighted by Gasteiger charge is -2.34. The van der Waals surface area contributed by atoms with Crippen molar-refractivity contribution in [2.75, 3.05) is 19.6 Å². The van der Waals surface area contributed by atoms with Crippen LogP contribution < -0.4 is 0 Å². The molecular weight excluding hydrogens is 328 g/mol. The molecule has 1 atom stereocenters. The third kappa shape index (κ3) is 4.09. The second-order valence-electron chi connectivity index (χ2n) is 7.25. The van der Waals surface area contributed by atoms with Gasteiger partial charge in [-0.3, -0.25) is 14.3 Å². The number of halogens is 1. The monoisotopic (exact) mass is 352 g/mol. The molecule has 0 bridgehead atoms. The first-order valence-electron chi connectivity index (χ1n) is 8.69. The van der Waals surface area contributed by atoms with Gasteiger partial charge >= 0.3 is 0 Å². The van der Waals surface area contributed by atoms with Crippen molar-refractivity contribution in [1.82, 2.24) is 19.6 Å². The third-order valence-corrected chi connectivity index (χ3v) is 5.09. The maximum Gasteiger partial charge on any atom is 0.244 e. The molecule has 1 aromatic rings. The third-order valence-electron chi connectivity index (χ3n) is 4.90. The van der Waals surface area contributed by atoms with Crippen LogP contribution in [0.5, 0.6) is 0 Å². The van der Waals surface area contributed by atoms with Crippen LogP contribution in [0.2, 0.25) is 5.02 Å². The van der Waals surface area contributed by atoms with Gasteiger partial charge in [0, 0.05) is 32.3 Å². The lowest BCUT2D eigenvalue weighted by molar-refractivity contribution is -0.134. The van der Waals surface area contributed by atoms with Crippen molar-refractivity contribution in [1.29, 1.82) is 0 Å². The molecule has 0 spiro atoms. The van der Waals surface area contributed by atoms with Crippen LogP contribution in [0.4, 0.5) is 0 Å². The molecule has 1 aromatic heterocycles. The number of aromatic nitrogens is 2. The maximum atomic E-state index is 12.6. The minimum absolute atomic E-state index is 0.0125. The Balaban J connectivity index is 1.70. The number of carbonyl (C=O) groups is 2. The van der Waals surface area contributed by atoms with E-state index in [0.29, 0.717) is 36.4 Å². The molecule has 2 aliphatic rings. The van der Waals surface area contributed by atoms with Crippen molar-refractivity contribution in [3.8, 4) is 0 Å². The van der Waals surface area contributed by atoms with Crippen molar-refractivity contribution in [3.05, 3.63) is 17.4 Å². The summed E-state index contributed by atoms with van der Waals surface area (Å²) in [6.45, 7) is 6.34. The largest absolute Gasteiger partial charge is 0.338 e. The Hall–Kier alpha value is -1.56. The zero-order valence-corrected chi connectivity index (χ0v) is 15.1. The maximum absolute atomic E-state index is 12.6. The van der Waals surface area contributed by atoms with E-state index in [1.54, 1.807) is 10.9 Å². The molecule has 132 valence electrons. The van der Waals surface area contributed by atoms with Crippen molar-refractivity contribution in [2.45, 2.75) is 45.7 Å². The first kappa shape index (κ1) is 17.3. The Morgan fingerprint density at radius 2 is 2.17 bits per heavy atom. The first-order valence-corrected chi connectivity index (χ1v) is 9.07. The lowest BCUT2D eigenvalue weighted by Crippen LogP contribution is -2.48. The number of amides is 2. The van der Waals surface area contributed by atoms with Crippen LogP contribution in [-0.4, -0.2) is 57.1 Å². The van der Waals surface area contributed by atoms with Gasteiger partial charge in [-0.05, 0) is 24.7 Å². The number of rotatable bonds is 5. The first-order chi connectivity index (χ1) is 11.4. The molecule has 0 aromatic carbocycles. The average molecular weight is 353 g/mol. The summed E-state index contributed by atoms with van der Waals surface area (Å²) in [4.78, 5) is 29.1. The van der Waals surface area contributed by atoms with Crippen LogP contribution in [0.15, 0.2) is 12.4 Å². The number of hydrogen-bond donors (Lipinski definition) is 0. The van der Waals surface area contributed by atoms with Crippen LogP contribution in [0.1, 0.15) is 33.1 Å². The van der Waals surface area contributed by atoms with Crippen LogP contribution in [-0.2, 0) is 16.1 Å². The van der Waals surface area contributed by atoms with Crippen molar-refractivity contribution < 1.29 is 9.59 Å². The van der Waals surface area contributed by atoms with Gasteiger partial charge in [0.05, 0.1) is 17.3 Å². The lowest BCUT2D eigenvalue weighted by atomic mass is 10.0. The minimum atomic E-state index is -0.0125. The summed E-state index contributed by atoms with van der Waals surface area (Å²) in [5, 5.41) is 4.58. The van der Waals surface area contributed by atoms with E-state index in [-0.39, 0.29) is 24.4 Å². The van der Waals surface area contributed by atoms with Crippen molar-refractivity contribution in [2.24, 2.45) is 11.8 Å². The minimum Gasteiger partial charge on any atom is -0.338 e. The van der Waals surface area contributed by atoms with Gasteiger partial charge in [-0.25, -0.2) is 0 Å². The van der Waals surface area contributed by atoms with Crippen LogP contribution >= 0.6 is 11.6 Å². The summed E-state index contributed by atoms with van der Waals surface area (Å²) in [6.07, 6.45) is 6.01. The molecule has 0 radical (unpaired) electrons. The van der Waals surface area contributed by atoms with E-state index in [4.69, 9.17) is 11.6 Å². The Morgan fingerprint density at radius 3 is 2.75 bits per heavy atom. The van der Waals surface area contributed by atoms with Gasteiger partial charge in [-0.1, -0.05) is 25.4 Å². The summed E-state index contributed by atoms with van der Waals surface area (Å²) in [5.41, 5.74) is 0. The molecule has 7 heteroatoms. The number of nitrogens with zero attached hydrogens (tertiary/aromatic N) is 4. The van der Waals surface area contributed by atoms with Gasteiger partial charge < -0.3 is 9.80 Å². The highest BCUT2D eigenvalue weighted by atomic mass is 35.5. The van der Waals surface area contributed by atoms with E-state index >= 15 is 0 Å². The Morgan fingerprint density at radius 1 is 1.42 bits per heavy atom. The number of carbonyl (C=O) groups excluding carboxylic acids is 2. The topological polar surface area (TPSA) is 58.4 Å². The molecule has 0 unspecified atom stereocenters. The summed E-state index contributed by atoms with van der Waals surface area (Å²) >= 11 is 5.85. The van der Waals surface area contributed by atoms with E-state index in [2.05, 4.69) is 18.9 Å². The number of hydrogen-bond acceptors (Lipinski definition) is 3. The molecule has 2 amide bonds. The predicted octanol–water partition coefficient (Wildman–Crippen LogP) is 2.03. The average Bonchev–Trinajstić information content (AvgIpc) is 3.28. The van der Waals surface area contributed by atoms with E-state index < -0.39 is 0 Å². The fourth-order valence-corrected chi connectivity index (χ4v) is 3.41. The molecule has 0 N–H and O–H groups in total. The summed E-state index contributed by atoms with van der Waals surface area (Å²) in [7, 11) is 0. The van der Waals surface area contributed by atoms with Gasteiger partial charge in [0.15, 0.2) is 0 Å². The van der Waals surface area contributed by atoms with Crippen LogP contribution in [0.25, 0.3) is 0 Å². The van der Waals surface area contributed by atoms with Crippen LogP contribution in [0.3, 0.4) is 0 Å². The summed E-state index contributed by atoms with van der Waals surface area (Å²) in [6, 6.07) is 0.0887. The quantitative estimate of drug-likeness (QED) is 0.814. The second-order valence-corrected chi connectivity index (χ2v) is 7.68. The van der Waals surface area contributed by atoms with E-state index in [9.17, 15) is 9.59 Å². The van der Waals surface area contributed by atoms with E-state index in [0.717, 1.165) is 6.54 Å². The summed E-state index contributed by atoms with van der Waals surface area (Å²) in [5.74, 6) is 1.14. The highest BCUT2D eigenvalue weighted by Crippen LogP contribution is 2.32. The normalized spacial score (nSPS) is 22.2. The smallest absolute Gasteiger partial charge is 0.244 e. The van der Waals surface area contributed by atoms with Gasteiger partial charge in [-0.2, -0.15) is 5.10 Å². The highest BCUT2D eigenvalue weighted by Gasteiger charge is 2.36. The Kier molecular flexibility index (Phi) is 5.13. The molecular formula is C17H25ClN4O2. The van der Waals surface area contributed by atoms with Gasteiger partial charge in [-0.15, -0.1) is 0 Å². The molecule has 6 nitrogen and oxygen atoms in total. The van der Waals surface area contributed by atoms with Crippen molar-refractivity contribution in [3.63, 3.8) is 0 Å². The highest BCUT2D eigenvalue weighted by molar-refractivity contribution is 6.30. The molecule has 2 heterocycles. The van der Waals surface area contributed by atoms with Gasteiger partial charge in [0.2, 0.25) is 11.8 Å². The Labute approximate surface area is 147 Å². The SMILES string of the molecule is CC(C)[C@H]1CN(C(=O)Cn2cc(Cl)cn2)CCC(=O)N1CC1CC1.